The summed E-state index contributed by atoms with van der Waals surface area (Å²) in [4.78, 5) is 0. The molecule has 0 N–H and O–H groups in total. The topological polar surface area (TPSA) is 0 Å². The predicted octanol–water partition coefficient (Wildman–Crippen LogP) is 19.9. The van der Waals surface area contributed by atoms with E-state index in [0.717, 1.165) is 19.3 Å². The van der Waals surface area contributed by atoms with E-state index in [1.165, 1.54) is 164 Å². The lowest BCUT2D eigenvalue weighted by molar-refractivity contribution is 1.21. The van der Waals surface area contributed by atoms with Crippen molar-refractivity contribution in [2.45, 2.75) is 60.8 Å². The Morgan fingerprint density at radius 2 is 0.362 bits per heavy atom. The lowest BCUT2D eigenvalue weighted by Gasteiger charge is -2.18. The fourth-order valence-electron chi connectivity index (χ4n) is 13.1. The van der Waals surface area contributed by atoms with Crippen LogP contribution >= 0.6 is 0 Å². The molecule has 0 heteroatoms. The molecule has 3 aliphatic rings. The highest BCUT2D eigenvalue weighted by Gasteiger charge is 2.38. The first-order valence-corrected chi connectivity index (χ1v) is 25.5. The number of rotatable bonds is 0. The average molecular weight is 883 g/mol. The summed E-state index contributed by atoms with van der Waals surface area (Å²) in [5, 5.41) is 24.2. The van der Waals surface area contributed by atoms with Crippen molar-refractivity contribution < 1.29 is 0 Å². The number of hydrogen-bond acceptors (Lipinski definition) is 0. The molecule has 69 heavy (non-hydrogen) atoms. The molecule has 0 heterocycles. The summed E-state index contributed by atoms with van der Waals surface area (Å²) < 4.78 is 0. The summed E-state index contributed by atoms with van der Waals surface area (Å²) in [6.45, 7) is 12.0. The Morgan fingerprint density at radius 3 is 0.551 bits per heavy atom. The molecule has 0 saturated heterocycles. The van der Waals surface area contributed by atoms with Crippen LogP contribution in [0.1, 0.15) is 74.9 Å². The van der Waals surface area contributed by atoms with E-state index in [9.17, 15) is 0 Å². The van der Waals surface area contributed by atoms with E-state index in [1.54, 1.807) is 0 Å². The summed E-state index contributed by atoms with van der Waals surface area (Å²) in [7, 11) is 0. The van der Waals surface area contributed by atoms with Crippen LogP contribution in [0.15, 0.2) is 182 Å². The van der Waals surface area contributed by atoms with E-state index in [-0.39, 0.29) is 0 Å². The number of fused-ring (bicyclic) bond motifs is 30. The van der Waals surface area contributed by atoms with Gasteiger partial charge in [-0.05, 0) is 219 Å². The summed E-state index contributed by atoms with van der Waals surface area (Å²) in [5.41, 5.74) is 17.7. The first kappa shape index (κ1) is 41.4. The van der Waals surface area contributed by atoms with Crippen LogP contribution in [0.5, 0.6) is 0 Å². The molecule has 0 amide bonds. The molecule has 13 aromatic carbocycles. The molecule has 0 bridgehead atoms. The Balaban J connectivity index is 0.000000755. The van der Waals surface area contributed by atoms with Crippen molar-refractivity contribution in [2.24, 2.45) is 0 Å². The van der Waals surface area contributed by atoms with Crippen molar-refractivity contribution in [1.82, 2.24) is 0 Å². The zero-order valence-electron chi connectivity index (χ0n) is 40.4. The van der Waals surface area contributed by atoms with E-state index in [1.807, 2.05) is 41.5 Å². The van der Waals surface area contributed by atoms with Gasteiger partial charge >= 0.3 is 0 Å². The fraction of sp³-hybridized carbons (Fsp3) is 0.130. The zero-order valence-corrected chi connectivity index (χ0v) is 40.4. The first-order chi connectivity index (χ1) is 34.2. The van der Waals surface area contributed by atoms with Gasteiger partial charge < -0.3 is 0 Å². The van der Waals surface area contributed by atoms with Crippen molar-refractivity contribution >= 4 is 97.0 Å². The van der Waals surface area contributed by atoms with Gasteiger partial charge in [-0.3, -0.25) is 0 Å². The Hall–Kier alpha value is -7.80. The molecule has 0 saturated carbocycles. The average Bonchev–Trinajstić information content (AvgIpc) is 4.12. The summed E-state index contributed by atoms with van der Waals surface area (Å²) >= 11 is 0. The van der Waals surface area contributed by atoms with Gasteiger partial charge in [0.15, 0.2) is 0 Å². The molecule has 330 valence electrons. The Labute approximate surface area is 404 Å². The van der Waals surface area contributed by atoms with Crippen LogP contribution in [0, 0.1) is 0 Å². The normalized spacial score (nSPS) is 12.6. The molecule has 16 rings (SSSR count). The minimum Gasteiger partial charge on any atom is -0.0683 e. The minimum atomic E-state index is 0.945. The van der Waals surface area contributed by atoms with Crippen LogP contribution in [0.4, 0.5) is 0 Å². The Bertz CT molecular complexity index is 3870. The molecule has 13 aromatic rings. The SMILES string of the molecule is CC.CC.CC.c1ccc2c(c1)c1ccccc1c1cc3c(cc21)Cc1c-3c2c(c3c1-c1cc4c5ccccc5c5ccccc5c4cc1C3)-c1cc3c4ccccc4c4ccccc4c3cc1C2. The van der Waals surface area contributed by atoms with Crippen molar-refractivity contribution in [2.75, 3.05) is 0 Å². The minimum absolute atomic E-state index is 0.945. The van der Waals surface area contributed by atoms with E-state index in [2.05, 4.69) is 182 Å². The highest BCUT2D eigenvalue weighted by Crippen LogP contribution is 2.59. The third-order valence-electron chi connectivity index (χ3n) is 15.6. The lowest BCUT2D eigenvalue weighted by Crippen LogP contribution is -1.97. The quantitative estimate of drug-likeness (QED) is 0.133. The third-order valence-corrected chi connectivity index (χ3v) is 15.6. The lowest BCUT2D eigenvalue weighted by atomic mass is 9.85. The molecule has 0 radical (unpaired) electrons. The highest BCUT2D eigenvalue weighted by atomic mass is 14.4. The third kappa shape index (κ3) is 5.64. The maximum absolute atomic E-state index is 2.59. The van der Waals surface area contributed by atoms with Crippen molar-refractivity contribution in [3.8, 4) is 33.4 Å². The van der Waals surface area contributed by atoms with Gasteiger partial charge in [-0.15, -0.1) is 0 Å². The monoisotopic (exact) mass is 882 g/mol. The van der Waals surface area contributed by atoms with Crippen molar-refractivity contribution in [3.63, 3.8) is 0 Å². The Kier molecular flexibility index (Phi) is 9.54. The van der Waals surface area contributed by atoms with Gasteiger partial charge in [0.05, 0.1) is 0 Å². The summed E-state index contributed by atoms with van der Waals surface area (Å²) in [5.74, 6) is 0. The van der Waals surface area contributed by atoms with Crippen LogP contribution in [-0.2, 0) is 19.3 Å². The van der Waals surface area contributed by atoms with E-state index < -0.39 is 0 Å². The second-order valence-corrected chi connectivity index (χ2v) is 18.5. The van der Waals surface area contributed by atoms with Gasteiger partial charge in [-0.2, -0.15) is 0 Å². The second-order valence-electron chi connectivity index (χ2n) is 18.5. The summed E-state index contributed by atoms with van der Waals surface area (Å²) in [6.07, 6.45) is 2.84. The maximum atomic E-state index is 2.59. The molecular formula is C69H54. The molecule has 0 aliphatic heterocycles. The smallest absolute Gasteiger partial charge is 0.000684 e. The Morgan fingerprint density at radius 1 is 0.203 bits per heavy atom. The number of benzene rings is 13. The molecule has 0 spiro atoms. The molecule has 3 aliphatic carbocycles. The standard InChI is InChI=1S/C63H36.3C2H6/c1-7-19-43-37(13-1)40-16-4-10-22-46(40)55-31-49-34(25-52(43)55)28-58-61(49)59-29-35-26-53-44-20-8-2-15-39(44)42-18-6-12-24-48(42)57(53)33-51(35)63(59)60-30-36-27-54-45-21-9-3-14-38(45)41-17-5-11-23-47(41)56(54)32-50(36)62(58)60;3*1-2/h1-27,31-33H,28-30H2;3*1-2H3. The molecule has 0 atom stereocenters. The van der Waals surface area contributed by atoms with E-state index >= 15 is 0 Å². The largest absolute Gasteiger partial charge is 0.0683 e. The highest BCUT2D eigenvalue weighted by molar-refractivity contribution is 6.29. The number of hydrogen-bond donors (Lipinski definition) is 0. The van der Waals surface area contributed by atoms with Crippen LogP contribution in [0.3, 0.4) is 0 Å². The van der Waals surface area contributed by atoms with Gasteiger partial charge in [0.2, 0.25) is 0 Å². The predicted molar refractivity (Wildman–Crippen MR) is 303 cm³/mol. The molecule has 0 unspecified atom stereocenters. The van der Waals surface area contributed by atoms with Crippen LogP contribution in [-0.4, -0.2) is 0 Å². The van der Waals surface area contributed by atoms with Gasteiger partial charge in [-0.1, -0.05) is 187 Å². The van der Waals surface area contributed by atoms with Crippen molar-refractivity contribution in [3.05, 3.63) is 215 Å². The van der Waals surface area contributed by atoms with Crippen LogP contribution < -0.4 is 0 Å². The molecule has 0 fully saturated rings. The zero-order chi connectivity index (χ0) is 46.7. The molecule has 0 aromatic heterocycles. The second kappa shape index (κ2) is 15.9. The van der Waals surface area contributed by atoms with Gasteiger partial charge in [0.25, 0.3) is 0 Å². The van der Waals surface area contributed by atoms with Gasteiger partial charge in [-0.25, -0.2) is 0 Å². The molecule has 0 nitrogen and oxygen atoms in total. The van der Waals surface area contributed by atoms with Gasteiger partial charge in [0.1, 0.15) is 0 Å². The van der Waals surface area contributed by atoms with Crippen LogP contribution in [0.2, 0.25) is 0 Å². The van der Waals surface area contributed by atoms with E-state index in [0.29, 0.717) is 0 Å². The van der Waals surface area contributed by atoms with Gasteiger partial charge in [0, 0.05) is 0 Å². The first-order valence-electron chi connectivity index (χ1n) is 25.5. The maximum Gasteiger partial charge on any atom is -0.000684 e. The molecular weight excluding hydrogens is 829 g/mol. The summed E-state index contributed by atoms with van der Waals surface area (Å²) in [6, 6.07) is 69.8. The fourth-order valence-corrected chi connectivity index (χ4v) is 13.1. The van der Waals surface area contributed by atoms with E-state index in [4.69, 9.17) is 0 Å². The van der Waals surface area contributed by atoms with Crippen LogP contribution in [0.25, 0.3) is 130 Å². The van der Waals surface area contributed by atoms with Crippen molar-refractivity contribution in [1.29, 1.82) is 0 Å².